The minimum absolute atomic E-state index is 0.00651. The van der Waals surface area contributed by atoms with Crippen LogP contribution in [0.1, 0.15) is 26.2 Å². The van der Waals surface area contributed by atoms with E-state index in [1.165, 1.54) is 4.90 Å². The van der Waals surface area contributed by atoms with Crippen LogP contribution in [0.4, 0.5) is 22.7 Å². The second-order valence-corrected chi connectivity index (χ2v) is 6.57. The second kappa shape index (κ2) is 9.01. The summed E-state index contributed by atoms with van der Waals surface area (Å²) < 4.78 is 0. The first kappa shape index (κ1) is 20.1. The highest BCUT2D eigenvalue weighted by molar-refractivity contribution is 6.10. The third kappa shape index (κ3) is 5.19. The standard InChI is InChI=1S/C21H22N4O4/c1-2-18(26)22-14-7-9-15(10-8-14)23-19(27)11-12-21(29)25-13-20(28)24-16-5-3-4-6-17(16)25/h3-10H,2,11-13H2,1H3,(H,22,26)(H,23,27)(H,24,28). The number of anilines is 4. The molecule has 0 atom stereocenters. The van der Waals surface area contributed by atoms with E-state index in [0.29, 0.717) is 29.2 Å². The maximum Gasteiger partial charge on any atom is 0.244 e. The van der Waals surface area contributed by atoms with Gasteiger partial charge in [0, 0.05) is 30.6 Å². The van der Waals surface area contributed by atoms with Crippen molar-refractivity contribution in [2.45, 2.75) is 26.2 Å². The van der Waals surface area contributed by atoms with Crippen molar-refractivity contribution in [3.8, 4) is 0 Å². The summed E-state index contributed by atoms with van der Waals surface area (Å²) in [5.41, 5.74) is 2.42. The van der Waals surface area contributed by atoms with Crippen molar-refractivity contribution in [1.29, 1.82) is 0 Å². The predicted molar refractivity (Wildman–Crippen MR) is 111 cm³/mol. The number of nitrogens with zero attached hydrogens (tertiary/aromatic N) is 1. The van der Waals surface area contributed by atoms with Gasteiger partial charge in [-0.2, -0.15) is 0 Å². The van der Waals surface area contributed by atoms with Gasteiger partial charge < -0.3 is 20.9 Å². The average Bonchev–Trinajstić information content (AvgIpc) is 2.72. The van der Waals surface area contributed by atoms with Crippen molar-refractivity contribution in [3.63, 3.8) is 0 Å². The van der Waals surface area contributed by atoms with Crippen LogP contribution in [0.25, 0.3) is 0 Å². The predicted octanol–water partition coefficient (Wildman–Crippen LogP) is 2.74. The number of benzene rings is 2. The number of rotatable bonds is 6. The van der Waals surface area contributed by atoms with Crippen molar-refractivity contribution in [3.05, 3.63) is 48.5 Å². The van der Waals surface area contributed by atoms with E-state index in [-0.39, 0.29) is 43.0 Å². The number of amides is 4. The third-order valence-corrected chi connectivity index (χ3v) is 4.41. The van der Waals surface area contributed by atoms with Crippen LogP contribution in [0.5, 0.6) is 0 Å². The fourth-order valence-electron chi connectivity index (χ4n) is 2.92. The number of para-hydroxylation sites is 2. The minimum atomic E-state index is -0.307. The van der Waals surface area contributed by atoms with Gasteiger partial charge in [-0.1, -0.05) is 19.1 Å². The Morgan fingerprint density at radius 3 is 2.21 bits per heavy atom. The smallest absolute Gasteiger partial charge is 0.244 e. The maximum atomic E-state index is 12.6. The Hall–Kier alpha value is -3.68. The molecule has 3 N–H and O–H groups in total. The number of fused-ring (bicyclic) bond motifs is 1. The zero-order chi connectivity index (χ0) is 20.8. The van der Waals surface area contributed by atoms with E-state index in [1.807, 2.05) is 0 Å². The summed E-state index contributed by atoms with van der Waals surface area (Å²) in [6.45, 7) is 1.70. The van der Waals surface area contributed by atoms with Gasteiger partial charge in [0.25, 0.3) is 0 Å². The highest BCUT2D eigenvalue weighted by Gasteiger charge is 2.26. The molecule has 0 spiro atoms. The van der Waals surface area contributed by atoms with Gasteiger partial charge in [0.2, 0.25) is 23.6 Å². The summed E-state index contributed by atoms with van der Waals surface area (Å²) in [7, 11) is 0. The molecule has 8 heteroatoms. The van der Waals surface area contributed by atoms with E-state index in [2.05, 4.69) is 16.0 Å². The lowest BCUT2D eigenvalue weighted by atomic mass is 10.1. The van der Waals surface area contributed by atoms with E-state index in [9.17, 15) is 19.2 Å². The molecule has 0 saturated heterocycles. The first-order valence-corrected chi connectivity index (χ1v) is 9.35. The van der Waals surface area contributed by atoms with Crippen LogP contribution in [0, 0.1) is 0 Å². The molecule has 1 aliphatic heterocycles. The fraction of sp³-hybridized carbons (Fsp3) is 0.238. The highest BCUT2D eigenvalue weighted by atomic mass is 16.2. The van der Waals surface area contributed by atoms with Gasteiger partial charge in [0.05, 0.1) is 11.4 Å². The molecule has 2 aromatic carbocycles. The normalized spacial score (nSPS) is 12.6. The molecule has 0 fully saturated rings. The van der Waals surface area contributed by atoms with Crippen LogP contribution in [0.3, 0.4) is 0 Å². The van der Waals surface area contributed by atoms with E-state index in [0.717, 1.165) is 0 Å². The Labute approximate surface area is 168 Å². The summed E-state index contributed by atoms with van der Waals surface area (Å²) in [5, 5.41) is 8.17. The molecule has 3 rings (SSSR count). The number of nitrogens with one attached hydrogen (secondary N) is 3. The molecule has 2 aromatic rings. The summed E-state index contributed by atoms with van der Waals surface area (Å²) in [4.78, 5) is 49.4. The Morgan fingerprint density at radius 1 is 0.931 bits per heavy atom. The molecule has 0 aliphatic carbocycles. The van der Waals surface area contributed by atoms with Gasteiger partial charge in [0.15, 0.2) is 0 Å². The molecule has 0 bridgehead atoms. The summed E-state index contributed by atoms with van der Waals surface area (Å²) in [6, 6.07) is 13.8. The zero-order valence-corrected chi connectivity index (χ0v) is 16.0. The number of carbonyl (C=O) groups is 4. The molecule has 0 saturated carbocycles. The maximum absolute atomic E-state index is 12.6. The molecule has 1 heterocycles. The van der Waals surface area contributed by atoms with Crippen LogP contribution in [-0.2, 0) is 19.2 Å². The number of carbonyl (C=O) groups excluding carboxylic acids is 4. The lowest BCUT2D eigenvalue weighted by Gasteiger charge is -2.29. The van der Waals surface area contributed by atoms with Crippen molar-refractivity contribution in [2.24, 2.45) is 0 Å². The SMILES string of the molecule is CCC(=O)Nc1ccc(NC(=O)CCC(=O)N2CC(=O)Nc3ccccc32)cc1. The highest BCUT2D eigenvalue weighted by Crippen LogP contribution is 2.29. The molecule has 0 radical (unpaired) electrons. The van der Waals surface area contributed by atoms with Crippen LogP contribution in [0.2, 0.25) is 0 Å². The Morgan fingerprint density at radius 2 is 1.55 bits per heavy atom. The van der Waals surface area contributed by atoms with Crippen molar-refractivity contribution >= 4 is 46.4 Å². The molecule has 29 heavy (non-hydrogen) atoms. The van der Waals surface area contributed by atoms with Crippen molar-refractivity contribution < 1.29 is 19.2 Å². The van der Waals surface area contributed by atoms with Crippen LogP contribution >= 0.6 is 0 Å². The molecule has 0 unspecified atom stereocenters. The minimum Gasteiger partial charge on any atom is -0.326 e. The van der Waals surface area contributed by atoms with E-state index >= 15 is 0 Å². The second-order valence-electron chi connectivity index (χ2n) is 6.57. The Kier molecular flexibility index (Phi) is 6.23. The monoisotopic (exact) mass is 394 g/mol. The summed E-state index contributed by atoms with van der Waals surface area (Å²) in [5.74, 6) is -0.955. The fourth-order valence-corrected chi connectivity index (χ4v) is 2.92. The number of hydrogen-bond donors (Lipinski definition) is 3. The lowest BCUT2D eigenvalue weighted by molar-refractivity contribution is -0.124. The van der Waals surface area contributed by atoms with Crippen LogP contribution in [-0.4, -0.2) is 30.2 Å². The van der Waals surface area contributed by atoms with Gasteiger partial charge in [0.1, 0.15) is 6.54 Å². The van der Waals surface area contributed by atoms with Gasteiger partial charge in [-0.05, 0) is 36.4 Å². The molecular formula is C21H22N4O4. The van der Waals surface area contributed by atoms with Gasteiger partial charge in [-0.3, -0.25) is 19.2 Å². The van der Waals surface area contributed by atoms with Gasteiger partial charge >= 0.3 is 0 Å². The van der Waals surface area contributed by atoms with Crippen LogP contribution < -0.4 is 20.9 Å². The molecular weight excluding hydrogens is 372 g/mol. The van der Waals surface area contributed by atoms with E-state index in [4.69, 9.17) is 0 Å². The Balaban J connectivity index is 1.54. The summed E-state index contributed by atoms with van der Waals surface area (Å²) in [6.07, 6.45) is 0.362. The van der Waals surface area contributed by atoms with Crippen molar-refractivity contribution in [2.75, 3.05) is 27.4 Å². The third-order valence-electron chi connectivity index (χ3n) is 4.41. The summed E-state index contributed by atoms with van der Waals surface area (Å²) >= 11 is 0. The largest absolute Gasteiger partial charge is 0.326 e. The topological polar surface area (TPSA) is 108 Å². The van der Waals surface area contributed by atoms with Gasteiger partial charge in [-0.25, -0.2) is 0 Å². The lowest BCUT2D eigenvalue weighted by Crippen LogP contribution is -2.42. The van der Waals surface area contributed by atoms with E-state index in [1.54, 1.807) is 55.5 Å². The molecule has 1 aliphatic rings. The van der Waals surface area contributed by atoms with E-state index < -0.39 is 0 Å². The molecule has 4 amide bonds. The first-order chi connectivity index (χ1) is 14.0. The molecule has 150 valence electrons. The first-order valence-electron chi connectivity index (χ1n) is 9.35. The van der Waals surface area contributed by atoms with Crippen molar-refractivity contribution in [1.82, 2.24) is 0 Å². The zero-order valence-electron chi connectivity index (χ0n) is 16.0. The van der Waals surface area contributed by atoms with Crippen LogP contribution in [0.15, 0.2) is 48.5 Å². The van der Waals surface area contributed by atoms with Gasteiger partial charge in [-0.15, -0.1) is 0 Å². The molecule has 8 nitrogen and oxygen atoms in total. The quantitative estimate of drug-likeness (QED) is 0.700. The molecule has 0 aromatic heterocycles. The average molecular weight is 394 g/mol. The number of hydrogen-bond acceptors (Lipinski definition) is 4. The Bertz CT molecular complexity index is 940.